The lowest BCUT2D eigenvalue weighted by atomic mass is 10.1. The number of amides is 2. The fraction of sp³-hybridized carbons (Fsp3) is 0.316. The van der Waals surface area contributed by atoms with Crippen LogP contribution in [0.2, 0.25) is 5.02 Å². The maximum absolute atomic E-state index is 12.3. The Morgan fingerprint density at radius 1 is 1.21 bits per heavy atom. The van der Waals surface area contributed by atoms with Crippen molar-refractivity contribution in [1.82, 2.24) is 4.90 Å². The van der Waals surface area contributed by atoms with Gasteiger partial charge in [0.2, 0.25) is 0 Å². The van der Waals surface area contributed by atoms with Gasteiger partial charge >= 0.3 is 6.03 Å². The van der Waals surface area contributed by atoms with Crippen molar-refractivity contribution in [3.05, 3.63) is 59.6 Å². The molecule has 0 spiro atoms. The number of hydrogen-bond donors (Lipinski definition) is 1. The van der Waals surface area contributed by atoms with Gasteiger partial charge in [-0.1, -0.05) is 42.8 Å². The van der Waals surface area contributed by atoms with Gasteiger partial charge in [0.1, 0.15) is 0 Å². The Morgan fingerprint density at radius 2 is 1.96 bits per heavy atom. The molecular weight excluding hydrogens is 322 g/mol. The number of carbonyl (C=O) groups is 1. The number of nitrogens with zero attached hydrogens (tertiary/aromatic N) is 2. The van der Waals surface area contributed by atoms with Crippen molar-refractivity contribution in [3.63, 3.8) is 0 Å². The lowest BCUT2D eigenvalue weighted by molar-refractivity contribution is 0.161. The topological polar surface area (TPSA) is 35.6 Å². The number of benzene rings is 2. The first kappa shape index (κ1) is 16.7. The molecule has 0 radical (unpaired) electrons. The molecular formula is C19H22ClN3O. The van der Waals surface area contributed by atoms with Crippen LogP contribution in [0.3, 0.4) is 0 Å². The maximum Gasteiger partial charge on any atom is 0.321 e. The normalized spacial score (nSPS) is 14.2. The molecule has 0 atom stereocenters. The van der Waals surface area contributed by atoms with E-state index in [0.717, 1.165) is 31.7 Å². The van der Waals surface area contributed by atoms with Gasteiger partial charge in [-0.15, -0.1) is 0 Å². The Morgan fingerprint density at radius 3 is 2.62 bits per heavy atom. The van der Waals surface area contributed by atoms with Crippen molar-refractivity contribution in [1.29, 1.82) is 0 Å². The predicted molar refractivity (Wildman–Crippen MR) is 99.9 cm³/mol. The van der Waals surface area contributed by atoms with Crippen molar-refractivity contribution in [3.8, 4) is 0 Å². The molecule has 0 saturated carbocycles. The zero-order chi connectivity index (χ0) is 16.9. The summed E-state index contributed by atoms with van der Waals surface area (Å²) in [6.45, 7) is 4.65. The molecule has 3 rings (SSSR count). The highest BCUT2D eigenvalue weighted by Crippen LogP contribution is 2.24. The number of urea groups is 1. The lowest BCUT2D eigenvalue weighted by Crippen LogP contribution is -2.62. The first-order valence-corrected chi connectivity index (χ1v) is 8.68. The van der Waals surface area contributed by atoms with Crippen LogP contribution in [-0.2, 0) is 0 Å². The Kier molecular flexibility index (Phi) is 5.26. The van der Waals surface area contributed by atoms with Crippen molar-refractivity contribution >= 4 is 29.0 Å². The average Bonchev–Trinajstić information content (AvgIpc) is 2.53. The van der Waals surface area contributed by atoms with E-state index in [4.69, 9.17) is 11.6 Å². The third-order valence-electron chi connectivity index (χ3n) is 4.22. The predicted octanol–water partition coefficient (Wildman–Crippen LogP) is 4.47. The second-order valence-corrected chi connectivity index (χ2v) is 6.46. The van der Waals surface area contributed by atoms with Crippen LogP contribution in [0.15, 0.2) is 54.6 Å². The van der Waals surface area contributed by atoms with E-state index < -0.39 is 0 Å². The van der Waals surface area contributed by atoms with Crippen LogP contribution in [-0.4, -0.2) is 36.6 Å². The van der Waals surface area contributed by atoms with Gasteiger partial charge in [0.25, 0.3) is 0 Å². The van der Waals surface area contributed by atoms with E-state index >= 15 is 0 Å². The van der Waals surface area contributed by atoms with Gasteiger partial charge in [0.05, 0.1) is 6.04 Å². The van der Waals surface area contributed by atoms with E-state index in [1.807, 2.05) is 23.1 Å². The molecule has 2 aromatic rings. The van der Waals surface area contributed by atoms with Crippen LogP contribution in [0.4, 0.5) is 16.2 Å². The van der Waals surface area contributed by atoms with Gasteiger partial charge in [-0.25, -0.2) is 4.79 Å². The monoisotopic (exact) mass is 343 g/mol. The first-order chi connectivity index (χ1) is 11.7. The van der Waals surface area contributed by atoms with Gasteiger partial charge in [0, 0.05) is 36.0 Å². The van der Waals surface area contributed by atoms with Gasteiger partial charge in [-0.05, 0) is 36.8 Å². The van der Waals surface area contributed by atoms with Crippen LogP contribution < -0.4 is 10.2 Å². The van der Waals surface area contributed by atoms with Crippen molar-refractivity contribution < 1.29 is 4.79 Å². The van der Waals surface area contributed by atoms with E-state index in [1.54, 1.807) is 12.1 Å². The van der Waals surface area contributed by atoms with Crippen molar-refractivity contribution in [2.75, 3.05) is 29.9 Å². The summed E-state index contributed by atoms with van der Waals surface area (Å²) in [6, 6.07) is 17.9. The van der Waals surface area contributed by atoms with E-state index in [1.165, 1.54) is 5.69 Å². The molecule has 1 fully saturated rings. The standard InChI is InChI=1S/C19H22ClN3O/c1-2-11-23(17-9-4-3-5-10-17)18-13-22(14-18)19(24)21-16-8-6-7-15(20)12-16/h3-10,12,18H,2,11,13-14H2,1H3,(H,21,24). The highest BCUT2D eigenvalue weighted by Gasteiger charge is 2.34. The molecule has 2 amide bonds. The third-order valence-corrected chi connectivity index (χ3v) is 4.45. The average molecular weight is 344 g/mol. The molecule has 1 N–H and O–H groups in total. The number of para-hydroxylation sites is 1. The number of nitrogens with one attached hydrogen (secondary N) is 1. The zero-order valence-electron chi connectivity index (χ0n) is 13.8. The summed E-state index contributed by atoms with van der Waals surface area (Å²) in [5.41, 5.74) is 1.95. The van der Waals surface area contributed by atoms with Crippen LogP contribution in [0.1, 0.15) is 13.3 Å². The fourth-order valence-electron chi connectivity index (χ4n) is 2.97. The summed E-state index contributed by atoms with van der Waals surface area (Å²) in [7, 11) is 0. The van der Waals surface area contributed by atoms with E-state index in [-0.39, 0.29) is 6.03 Å². The third kappa shape index (κ3) is 3.82. The van der Waals surface area contributed by atoms with Crippen LogP contribution in [0.5, 0.6) is 0 Å². The summed E-state index contributed by atoms with van der Waals surface area (Å²) in [5, 5.41) is 3.52. The second kappa shape index (κ2) is 7.58. The Labute approximate surface area is 148 Å². The number of carbonyl (C=O) groups excluding carboxylic acids is 1. The van der Waals surface area contributed by atoms with E-state index in [2.05, 4.69) is 41.4 Å². The molecule has 0 aromatic heterocycles. The molecule has 0 bridgehead atoms. The first-order valence-electron chi connectivity index (χ1n) is 8.30. The molecule has 24 heavy (non-hydrogen) atoms. The molecule has 126 valence electrons. The minimum Gasteiger partial charge on any atom is -0.365 e. The van der Waals surface area contributed by atoms with Crippen LogP contribution in [0.25, 0.3) is 0 Å². The molecule has 5 heteroatoms. The SMILES string of the molecule is CCCN(c1ccccc1)C1CN(C(=O)Nc2cccc(Cl)c2)C1. The summed E-state index contributed by atoms with van der Waals surface area (Å²) in [4.78, 5) is 16.5. The number of halogens is 1. The molecule has 2 aromatic carbocycles. The minimum absolute atomic E-state index is 0.0713. The lowest BCUT2D eigenvalue weighted by Gasteiger charge is -2.46. The number of likely N-dealkylation sites (tertiary alicyclic amines) is 1. The second-order valence-electron chi connectivity index (χ2n) is 6.03. The molecule has 0 unspecified atom stereocenters. The largest absolute Gasteiger partial charge is 0.365 e. The Bertz CT molecular complexity index is 686. The van der Waals surface area contributed by atoms with Crippen LogP contribution in [0, 0.1) is 0 Å². The molecule has 4 nitrogen and oxygen atoms in total. The van der Waals surface area contributed by atoms with E-state index in [0.29, 0.717) is 11.1 Å². The number of anilines is 2. The molecule has 1 aliphatic heterocycles. The van der Waals surface area contributed by atoms with E-state index in [9.17, 15) is 4.79 Å². The van der Waals surface area contributed by atoms with Crippen molar-refractivity contribution in [2.24, 2.45) is 0 Å². The molecule has 0 aliphatic carbocycles. The minimum atomic E-state index is -0.0713. The molecule has 1 heterocycles. The molecule has 1 saturated heterocycles. The highest BCUT2D eigenvalue weighted by molar-refractivity contribution is 6.30. The molecule has 1 aliphatic rings. The summed E-state index contributed by atoms with van der Waals surface area (Å²) in [5.74, 6) is 0. The van der Waals surface area contributed by atoms with Gasteiger partial charge in [0.15, 0.2) is 0 Å². The highest BCUT2D eigenvalue weighted by atomic mass is 35.5. The summed E-state index contributed by atoms with van der Waals surface area (Å²) < 4.78 is 0. The number of hydrogen-bond acceptors (Lipinski definition) is 2. The quantitative estimate of drug-likeness (QED) is 0.869. The van der Waals surface area contributed by atoms with Crippen LogP contribution >= 0.6 is 11.6 Å². The number of rotatable bonds is 5. The van der Waals surface area contributed by atoms with Gasteiger partial charge in [-0.3, -0.25) is 0 Å². The summed E-state index contributed by atoms with van der Waals surface area (Å²) >= 11 is 5.95. The fourth-order valence-corrected chi connectivity index (χ4v) is 3.16. The zero-order valence-corrected chi connectivity index (χ0v) is 14.5. The maximum atomic E-state index is 12.3. The van der Waals surface area contributed by atoms with Crippen molar-refractivity contribution in [2.45, 2.75) is 19.4 Å². The van der Waals surface area contributed by atoms with Gasteiger partial charge in [-0.2, -0.15) is 0 Å². The van der Waals surface area contributed by atoms with Gasteiger partial charge < -0.3 is 15.1 Å². The smallest absolute Gasteiger partial charge is 0.321 e. The summed E-state index contributed by atoms with van der Waals surface area (Å²) in [6.07, 6.45) is 1.08. The Balaban J connectivity index is 1.58. The Hall–Kier alpha value is -2.20.